The molecule has 3 aromatic rings. The Balaban J connectivity index is 1.83. The minimum Gasteiger partial charge on any atom is -0.490 e. The lowest BCUT2D eigenvalue weighted by Crippen LogP contribution is -2.13. The van der Waals surface area contributed by atoms with E-state index in [4.69, 9.17) is 37.8 Å². The van der Waals surface area contributed by atoms with Crippen LogP contribution in [0.25, 0.3) is 6.08 Å². The Morgan fingerprint density at radius 2 is 1.77 bits per heavy atom. The summed E-state index contributed by atoms with van der Waals surface area (Å²) < 4.78 is 11.6. The summed E-state index contributed by atoms with van der Waals surface area (Å²) in [5.74, 6) is -1.09. The van der Waals surface area contributed by atoms with Crippen molar-refractivity contribution in [3.8, 4) is 17.6 Å². The van der Waals surface area contributed by atoms with Crippen molar-refractivity contribution in [1.29, 1.82) is 5.26 Å². The van der Waals surface area contributed by atoms with Gasteiger partial charge < -0.3 is 19.9 Å². The van der Waals surface area contributed by atoms with Gasteiger partial charge in [-0.15, -0.1) is 0 Å². The number of carbonyl (C=O) groups is 2. The molecular weight excluding hydrogens is 491 g/mol. The van der Waals surface area contributed by atoms with Gasteiger partial charge in [0.1, 0.15) is 18.2 Å². The zero-order valence-electron chi connectivity index (χ0n) is 18.5. The molecule has 1 amide bonds. The van der Waals surface area contributed by atoms with E-state index < -0.39 is 11.9 Å². The van der Waals surface area contributed by atoms with Crippen molar-refractivity contribution in [2.75, 3.05) is 11.9 Å². The van der Waals surface area contributed by atoms with Gasteiger partial charge in [0.15, 0.2) is 11.5 Å². The SMILES string of the molecule is CCOc1cc(/C=C(\C#N)C(=O)Nc2ccc(C(=O)O)cc2)cc(Cl)c1OCc1ccccc1Cl. The summed E-state index contributed by atoms with van der Waals surface area (Å²) in [5.41, 5.74) is 1.47. The topological polar surface area (TPSA) is 109 Å². The van der Waals surface area contributed by atoms with Gasteiger partial charge >= 0.3 is 5.97 Å². The third-order valence-electron chi connectivity index (χ3n) is 4.73. The number of halogens is 2. The van der Waals surface area contributed by atoms with Crippen LogP contribution in [-0.4, -0.2) is 23.6 Å². The van der Waals surface area contributed by atoms with Crippen molar-refractivity contribution in [2.24, 2.45) is 0 Å². The van der Waals surface area contributed by atoms with Crippen LogP contribution >= 0.6 is 23.2 Å². The average molecular weight is 511 g/mol. The fourth-order valence-corrected chi connectivity index (χ4v) is 3.51. The number of aromatic carboxylic acids is 1. The number of hydrogen-bond donors (Lipinski definition) is 2. The van der Waals surface area contributed by atoms with E-state index in [1.807, 2.05) is 24.3 Å². The molecule has 0 spiro atoms. The molecule has 0 aromatic heterocycles. The second kappa shape index (κ2) is 11.9. The number of anilines is 1. The van der Waals surface area contributed by atoms with E-state index in [0.29, 0.717) is 34.4 Å². The molecule has 0 aliphatic heterocycles. The first-order chi connectivity index (χ1) is 16.8. The molecule has 0 fully saturated rings. The number of nitriles is 1. The van der Waals surface area contributed by atoms with Crippen LogP contribution in [0.4, 0.5) is 5.69 Å². The lowest BCUT2D eigenvalue weighted by molar-refractivity contribution is -0.112. The number of hydrogen-bond acceptors (Lipinski definition) is 5. The summed E-state index contributed by atoms with van der Waals surface area (Å²) in [5, 5.41) is 21.9. The zero-order valence-corrected chi connectivity index (χ0v) is 20.1. The molecule has 0 atom stereocenters. The Labute approximate surface area is 212 Å². The zero-order chi connectivity index (χ0) is 25.4. The van der Waals surface area contributed by atoms with E-state index in [9.17, 15) is 14.9 Å². The van der Waals surface area contributed by atoms with E-state index in [1.54, 1.807) is 25.1 Å². The summed E-state index contributed by atoms with van der Waals surface area (Å²) in [6, 6.07) is 17.9. The number of nitrogens with zero attached hydrogens (tertiary/aromatic N) is 1. The minimum atomic E-state index is -1.08. The van der Waals surface area contributed by atoms with Crippen molar-refractivity contribution in [1.82, 2.24) is 0 Å². The van der Waals surface area contributed by atoms with Crippen LogP contribution in [0.3, 0.4) is 0 Å². The van der Waals surface area contributed by atoms with Crippen molar-refractivity contribution >= 4 is 46.8 Å². The molecule has 0 saturated carbocycles. The van der Waals surface area contributed by atoms with Gasteiger partial charge in [0.25, 0.3) is 5.91 Å². The molecular formula is C26H20Cl2N2O5. The lowest BCUT2D eigenvalue weighted by atomic mass is 10.1. The number of carboxylic acid groups (broad SMARTS) is 1. The highest BCUT2D eigenvalue weighted by Gasteiger charge is 2.16. The van der Waals surface area contributed by atoms with Crippen LogP contribution in [0.1, 0.15) is 28.4 Å². The van der Waals surface area contributed by atoms with Crippen LogP contribution in [0.15, 0.2) is 66.2 Å². The van der Waals surface area contributed by atoms with Crippen LogP contribution in [0.2, 0.25) is 10.0 Å². The Kier molecular flexibility index (Phi) is 8.74. The Bertz CT molecular complexity index is 1310. The minimum absolute atomic E-state index is 0.0778. The molecule has 2 N–H and O–H groups in total. The van der Waals surface area contributed by atoms with E-state index in [2.05, 4.69) is 5.32 Å². The Hall–Kier alpha value is -3.99. The monoisotopic (exact) mass is 510 g/mol. The van der Waals surface area contributed by atoms with E-state index >= 15 is 0 Å². The molecule has 0 unspecified atom stereocenters. The van der Waals surface area contributed by atoms with Crippen molar-refractivity contribution in [3.63, 3.8) is 0 Å². The Morgan fingerprint density at radius 1 is 1.06 bits per heavy atom. The Morgan fingerprint density at radius 3 is 2.40 bits per heavy atom. The van der Waals surface area contributed by atoms with Gasteiger partial charge in [0.2, 0.25) is 0 Å². The van der Waals surface area contributed by atoms with E-state index in [0.717, 1.165) is 5.56 Å². The lowest BCUT2D eigenvalue weighted by Gasteiger charge is -2.15. The highest BCUT2D eigenvalue weighted by Crippen LogP contribution is 2.38. The van der Waals surface area contributed by atoms with Gasteiger partial charge in [0.05, 0.1) is 17.2 Å². The number of benzene rings is 3. The first kappa shape index (κ1) is 25.6. The van der Waals surface area contributed by atoms with Crippen LogP contribution in [-0.2, 0) is 11.4 Å². The molecule has 0 aliphatic rings. The molecule has 0 saturated heterocycles. The number of carboxylic acids is 1. The second-order valence-corrected chi connectivity index (χ2v) is 7.96. The smallest absolute Gasteiger partial charge is 0.335 e. The summed E-state index contributed by atoms with van der Waals surface area (Å²) in [7, 11) is 0. The van der Waals surface area contributed by atoms with Gasteiger partial charge in [-0.1, -0.05) is 41.4 Å². The van der Waals surface area contributed by atoms with Gasteiger partial charge in [0, 0.05) is 16.3 Å². The third kappa shape index (κ3) is 6.76. The second-order valence-electron chi connectivity index (χ2n) is 7.15. The number of nitrogens with one attached hydrogen (secondary N) is 1. The fourth-order valence-electron chi connectivity index (χ4n) is 3.05. The van der Waals surface area contributed by atoms with E-state index in [1.165, 1.54) is 30.3 Å². The van der Waals surface area contributed by atoms with Gasteiger partial charge in [-0.2, -0.15) is 5.26 Å². The summed E-state index contributed by atoms with van der Waals surface area (Å²) in [6.45, 7) is 2.31. The van der Waals surface area contributed by atoms with E-state index in [-0.39, 0.29) is 22.8 Å². The number of amides is 1. The van der Waals surface area contributed by atoms with Crippen LogP contribution in [0.5, 0.6) is 11.5 Å². The number of carbonyl (C=O) groups excluding carboxylic acids is 1. The standard InChI is InChI=1S/C26H20Cl2N2O5/c1-2-34-23-13-16(12-22(28)24(23)35-15-18-5-3-4-6-21(18)27)11-19(14-29)25(31)30-20-9-7-17(8-10-20)26(32)33/h3-13H,2,15H2,1H3,(H,30,31)(H,32,33)/b19-11+. The van der Waals surface area contributed by atoms with Crippen molar-refractivity contribution in [2.45, 2.75) is 13.5 Å². The molecule has 3 aromatic carbocycles. The van der Waals surface area contributed by atoms with Crippen molar-refractivity contribution in [3.05, 3.63) is 93.0 Å². The molecule has 0 bridgehead atoms. The maximum Gasteiger partial charge on any atom is 0.335 e. The van der Waals surface area contributed by atoms with Gasteiger partial charge in [-0.25, -0.2) is 4.79 Å². The molecule has 178 valence electrons. The maximum absolute atomic E-state index is 12.6. The first-order valence-electron chi connectivity index (χ1n) is 10.4. The highest BCUT2D eigenvalue weighted by molar-refractivity contribution is 6.32. The molecule has 0 radical (unpaired) electrons. The van der Waals surface area contributed by atoms with Crippen molar-refractivity contribution < 1.29 is 24.2 Å². The maximum atomic E-state index is 12.6. The quantitative estimate of drug-likeness (QED) is 0.261. The fraction of sp³-hybridized carbons (Fsp3) is 0.115. The molecule has 0 aliphatic carbocycles. The molecule has 9 heteroatoms. The normalized spacial score (nSPS) is 10.9. The summed E-state index contributed by atoms with van der Waals surface area (Å²) in [4.78, 5) is 23.6. The van der Waals surface area contributed by atoms with Gasteiger partial charge in [-0.05, 0) is 61.0 Å². The van der Waals surface area contributed by atoms with Gasteiger partial charge in [-0.3, -0.25) is 4.79 Å². The van der Waals surface area contributed by atoms with Crippen LogP contribution < -0.4 is 14.8 Å². The highest BCUT2D eigenvalue weighted by atomic mass is 35.5. The molecule has 0 heterocycles. The third-order valence-corrected chi connectivity index (χ3v) is 5.38. The largest absolute Gasteiger partial charge is 0.490 e. The number of ether oxygens (including phenoxy) is 2. The molecule has 3 rings (SSSR count). The average Bonchev–Trinajstić information content (AvgIpc) is 2.83. The molecule has 7 nitrogen and oxygen atoms in total. The predicted molar refractivity (Wildman–Crippen MR) is 134 cm³/mol. The first-order valence-corrected chi connectivity index (χ1v) is 11.2. The summed E-state index contributed by atoms with van der Waals surface area (Å²) in [6.07, 6.45) is 1.37. The molecule has 35 heavy (non-hydrogen) atoms. The number of rotatable bonds is 9. The predicted octanol–water partition coefficient (Wildman–Crippen LogP) is 6.21. The summed E-state index contributed by atoms with van der Waals surface area (Å²) >= 11 is 12.6. The van der Waals surface area contributed by atoms with Crippen LogP contribution in [0, 0.1) is 11.3 Å².